The van der Waals surface area contributed by atoms with Crippen LogP contribution in [0.2, 0.25) is 0 Å². The summed E-state index contributed by atoms with van der Waals surface area (Å²) in [5.74, 6) is 1.68. The first-order chi connectivity index (χ1) is 8.70. The fourth-order valence-electron chi connectivity index (χ4n) is 2.42. The van der Waals surface area contributed by atoms with Crippen LogP contribution < -0.4 is 5.32 Å². The number of hydrogen-bond donors (Lipinski definition) is 1. The van der Waals surface area contributed by atoms with E-state index in [0.717, 1.165) is 11.8 Å². The number of unbranched alkanes of at least 4 members (excludes halogenated alkanes) is 6. The predicted octanol–water partition coefficient (Wildman–Crippen LogP) is 5.40. The van der Waals surface area contributed by atoms with Crippen LogP contribution in [0.15, 0.2) is 0 Å². The zero-order chi connectivity index (χ0) is 13.6. The van der Waals surface area contributed by atoms with Gasteiger partial charge in [0.25, 0.3) is 0 Å². The number of hydrogen-bond acceptors (Lipinski definition) is 1. The van der Waals surface area contributed by atoms with Crippen LogP contribution in [0, 0.1) is 11.8 Å². The fourth-order valence-corrected chi connectivity index (χ4v) is 2.42. The highest BCUT2D eigenvalue weighted by molar-refractivity contribution is 4.62. The second-order valence-corrected chi connectivity index (χ2v) is 6.24. The first-order valence-corrected chi connectivity index (χ1v) is 8.41. The molecule has 0 aromatic rings. The van der Waals surface area contributed by atoms with Crippen molar-refractivity contribution < 1.29 is 0 Å². The molecular weight excluding hydrogens is 218 g/mol. The van der Waals surface area contributed by atoms with Crippen molar-refractivity contribution in [3.05, 3.63) is 0 Å². The van der Waals surface area contributed by atoms with Crippen molar-refractivity contribution in [1.82, 2.24) is 5.32 Å². The van der Waals surface area contributed by atoms with E-state index in [-0.39, 0.29) is 0 Å². The molecule has 1 N–H and O–H groups in total. The second kappa shape index (κ2) is 13.4. The molecule has 0 heterocycles. The summed E-state index contributed by atoms with van der Waals surface area (Å²) in [6.45, 7) is 11.6. The second-order valence-electron chi connectivity index (χ2n) is 6.24. The molecule has 0 aliphatic rings. The lowest BCUT2D eigenvalue weighted by molar-refractivity contribution is 0.398. The van der Waals surface area contributed by atoms with E-state index in [1.165, 1.54) is 70.9 Å². The molecule has 0 amide bonds. The first-order valence-electron chi connectivity index (χ1n) is 8.41. The third kappa shape index (κ3) is 12.4. The lowest BCUT2D eigenvalue weighted by atomic mass is 9.97. The van der Waals surface area contributed by atoms with Crippen LogP contribution >= 0.6 is 0 Å². The van der Waals surface area contributed by atoms with Gasteiger partial charge in [-0.3, -0.25) is 0 Å². The molecule has 0 saturated carbocycles. The van der Waals surface area contributed by atoms with Gasteiger partial charge in [-0.1, -0.05) is 79.1 Å². The number of nitrogens with one attached hydrogen (secondary N) is 1. The predicted molar refractivity (Wildman–Crippen MR) is 84.1 cm³/mol. The molecule has 0 radical (unpaired) electrons. The summed E-state index contributed by atoms with van der Waals surface area (Å²) in [5.41, 5.74) is 0. The van der Waals surface area contributed by atoms with Gasteiger partial charge in [-0.05, 0) is 31.3 Å². The molecule has 0 aliphatic carbocycles. The van der Waals surface area contributed by atoms with Gasteiger partial charge in [0.05, 0.1) is 0 Å². The number of rotatable bonds is 13. The minimum atomic E-state index is 0.779. The molecule has 1 unspecified atom stereocenters. The monoisotopic (exact) mass is 255 g/mol. The summed E-state index contributed by atoms with van der Waals surface area (Å²) in [4.78, 5) is 0. The van der Waals surface area contributed by atoms with Crippen LogP contribution in [0.25, 0.3) is 0 Å². The highest BCUT2D eigenvalue weighted by Gasteiger charge is 2.05. The fraction of sp³-hybridized carbons (Fsp3) is 1.00. The van der Waals surface area contributed by atoms with Crippen molar-refractivity contribution in [2.45, 2.75) is 85.5 Å². The highest BCUT2D eigenvalue weighted by Crippen LogP contribution is 2.14. The van der Waals surface area contributed by atoms with Crippen LogP contribution in [0.5, 0.6) is 0 Å². The van der Waals surface area contributed by atoms with E-state index in [2.05, 4.69) is 33.0 Å². The minimum Gasteiger partial charge on any atom is -0.316 e. The first kappa shape index (κ1) is 18.0. The summed E-state index contributed by atoms with van der Waals surface area (Å²) < 4.78 is 0. The molecule has 0 aromatic heterocycles. The van der Waals surface area contributed by atoms with Crippen LogP contribution in [-0.2, 0) is 0 Å². The maximum Gasteiger partial charge on any atom is -0.00205 e. The van der Waals surface area contributed by atoms with Crippen molar-refractivity contribution in [2.75, 3.05) is 13.1 Å². The van der Waals surface area contributed by atoms with E-state index in [0.29, 0.717) is 0 Å². The Kier molecular flexibility index (Phi) is 13.4. The molecule has 0 aliphatic heterocycles. The Hall–Kier alpha value is -0.0400. The van der Waals surface area contributed by atoms with Crippen molar-refractivity contribution in [3.8, 4) is 0 Å². The molecular formula is C17H37N. The summed E-state index contributed by atoms with van der Waals surface area (Å²) in [6.07, 6.45) is 12.8. The molecule has 0 aromatic carbocycles. The Labute approximate surface area is 116 Å². The molecule has 1 nitrogen and oxygen atoms in total. The summed E-state index contributed by atoms with van der Waals surface area (Å²) >= 11 is 0. The standard InChI is InChI=1S/C17H37N/c1-5-7-8-9-10-11-12-13-17(6-2)15-18-14-16(3)4/h16-18H,5-15H2,1-4H3. The molecule has 110 valence electrons. The molecule has 0 saturated heterocycles. The lowest BCUT2D eigenvalue weighted by Crippen LogP contribution is -2.26. The van der Waals surface area contributed by atoms with Gasteiger partial charge in [0.1, 0.15) is 0 Å². The van der Waals surface area contributed by atoms with Crippen molar-refractivity contribution in [2.24, 2.45) is 11.8 Å². The van der Waals surface area contributed by atoms with Gasteiger partial charge in [0, 0.05) is 0 Å². The van der Waals surface area contributed by atoms with Gasteiger partial charge in [-0.15, -0.1) is 0 Å². The van der Waals surface area contributed by atoms with E-state index in [1.807, 2.05) is 0 Å². The zero-order valence-electron chi connectivity index (χ0n) is 13.4. The van der Waals surface area contributed by atoms with E-state index in [1.54, 1.807) is 0 Å². The Morgan fingerprint density at radius 3 is 1.94 bits per heavy atom. The third-order valence-corrected chi connectivity index (χ3v) is 3.78. The molecule has 0 bridgehead atoms. The van der Waals surface area contributed by atoms with E-state index >= 15 is 0 Å². The Bertz CT molecular complexity index is 154. The van der Waals surface area contributed by atoms with Gasteiger partial charge >= 0.3 is 0 Å². The van der Waals surface area contributed by atoms with Crippen molar-refractivity contribution in [1.29, 1.82) is 0 Å². The van der Waals surface area contributed by atoms with Gasteiger partial charge in [-0.25, -0.2) is 0 Å². The summed E-state index contributed by atoms with van der Waals surface area (Å²) in [5, 5.41) is 3.60. The Balaban J connectivity index is 3.33. The Morgan fingerprint density at radius 2 is 1.39 bits per heavy atom. The largest absolute Gasteiger partial charge is 0.316 e. The molecule has 18 heavy (non-hydrogen) atoms. The normalized spacial score (nSPS) is 13.2. The molecule has 1 atom stereocenters. The molecule has 0 fully saturated rings. The molecule has 0 rings (SSSR count). The van der Waals surface area contributed by atoms with E-state index < -0.39 is 0 Å². The maximum atomic E-state index is 3.60. The molecule has 1 heteroatoms. The summed E-state index contributed by atoms with van der Waals surface area (Å²) in [6, 6.07) is 0. The van der Waals surface area contributed by atoms with E-state index in [4.69, 9.17) is 0 Å². The Morgan fingerprint density at radius 1 is 0.778 bits per heavy atom. The lowest BCUT2D eigenvalue weighted by Gasteiger charge is -2.16. The minimum absolute atomic E-state index is 0.779. The van der Waals surface area contributed by atoms with Gasteiger partial charge < -0.3 is 5.32 Å². The SMILES string of the molecule is CCCCCCCCCC(CC)CNCC(C)C. The van der Waals surface area contributed by atoms with Gasteiger partial charge in [0.15, 0.2) is 0 Å². The van der Waals surface area contributed by atoms with Crippen LogP contribution in [0.4, 0.5) is 0 Å². The van der Waals surface area contributed by atoms with Gasteiger partial charge in [-0.2, -0.15) is 0 Å². The molecule has 0 spiro atoms. The van der Waals surface area contributed by atoms with Gasteiger partial charge in [0.2, 0.25) is 0 Å². The maximum absolute atomic E-state index is 3.60. The highest BCUT2D eigenvalue weighted by atomic mass is 14.9. The average Bonchev–Trinajstić information content (AvgIpc) is 2.35. The third-order valence-electron chi connectivity index (χ3n) is 3.78. The van der Waals surface area contributed by atoms with Crippen LogP contribution in [-0.4, -0.2) is 13.1 Å². The van der Waals surface area contributed by atoms with Crippen molar-refractivity contribution >= 4 is 0 Å². The van der Waals surface area contributed by atoms with Crippen LogP contribution in [0.3, 0.4) is 0 Å². The smallest absolute Gasteiger partial charge is 0.00205 e. The topological polar surface area (TPSA) is 12.0 Å². The quantitative estimate of drug-likeness (QED) is 0.435. The van der Waals surface area contributed by atoms with E-state index in [9.17, 15) is 0 Å². The van der Waals surface area contributed by atoms with Crippen LogP contribution in [0.1, 0.15) is 85.5 Å². The van der Waals surface area contributed by atoms with Crippen molar-refractivity contribution in [3.63, 3.8) is 0 Å². The summed E-state index contributed by atoms with van der Waals surface area (Å²) in [7, 11) is 0. The average molecular weight is 255 g/mol. The zero-order valence-corrected chi connectivity index (χ0v) is 13.4.